The number of nitrogens with zero attached hydrogens (tertiary/aromatic N) is 2. The van der Waals surface area contributed by atoms with Crippen molar-refractivity contribution < 1.29 is 9.47 Å². The van der Waals surface area contributed by atoms with Gasteiger partial charge in [0.2, 0.25) is 5.88 Å². The molecule has 2 aromatic rings. The van der Waals surface area contributed by atoms with Crippen LogP contribution in [0.5, 0.6) is 11.6 Å². The summed E-state index contributed by atoms with van der Waals surface area (Å²) in [5.74, 6) is 1.68. The summed E-state index contributed by atoms with van der Waals surface area (Å²) in [6.45, 7) is 2.83. The molecular weight excluding hydrogens is 296 g/mol. The fraction of sp³-hybridized carbons (Fsp3) is 0.286. The van der Waals surface area contributed by atoms with Gasteiger partial charge in [-0.15, -0.1) is 11.8 Å². The molecule has 0 bridgehead atoms. The van der Waals surface area contributed by atoms with Crippen LogP contribution in [0.3, 0.4) is 0 Å². The molecule has 2 rings (SSSR count). The molecule has 0 spiro atoms. The number of aromatic nitrogens is 2. The molecule has 0 atom stereocenters. The highest BCUT2D eigenvalue weighted by Gasteiger charge is 2.08. The summed E-state index contributed by atoms with van der Waals surface area (Å²) >= 11 is 7.59. The van der Waals surface area contributed by atoms with E-state index in [-0.39, 0.29) is 0 Å². The summed E-state index contributed by atoms with van der Waals surface area (Å²) in [7, 11) is 0. The molecule has 1 heterocycles. The summed E-state index contributed by atoms with van der Waals surface area (Å²) in [5.41, 5.74) is 0. The summed E-state index contributed by atoms with van der Waals surface area (Å²) in [4.78, 5) is 9.43. The van der Waals surface area contributed by atoms with Crippen molar-refractivity contribution in [2.75, 3.05) is 12.9 Å². The van der Waals surface area contributed by atoms with Gasteiger partial charge in [0.15, 0.2) is 5.82 Å². The smallest absolute Gasteiger partial charge is 0.224 e. The molecule has 6 heteroatoms. The van der Waals surface area contributed by atoms with Crippen LogP contribution in [0.15, 0.2) is 35.2 Å². The van der Waals surface area contributed by atoms with Crippen molar-refractivity contribution in [2.24, 2.45) is 0 Å². The average molecular weight is 311 g/mol. The Labute approximate surface area is 127 Å². The van der Waals surface area contributed by atoms with E-state index < -0.39 is 0 Å². The minimum atomic E-state index is 0.317. The first-order valence-corrected chi connectivity index (χ1v) is 7.75. The monoisotopic (exact) mass is 310 g/mol. The number of hydrogen-bond donors (Lipinski definition) is 0. The highest BCUT2D eigenvalue weighted by atomic mass is 35.5. The molecule has 4 nitrogen and oxygen atoms in total. The molecule has 106 valence electrons. The predicted molar refractivity (Wildman–Crippen MR) is 80.7 cm³/mol. The lowest BCUT2D eigenvalue weighted by Crippen LogP contribution is -2.01. The maximum Gasteiger partial charge on any atom is 0.224 e. The molecule has 0 amide bonds. The van der Waals surface area contributed by atoms with Gasteiger partial charge in [0, 0.05) is 17.6 Å². The quantitative estimate of drug-likeness (QED) is 0.591. The number of halogens is 1. The van der Waals surface area contributed by atoms with Crippen LogP contribution < -0.4 is 4.74 Å². The molecule has 0 aliphatic heterocycles. The molecule has 20 heavy (non-hydrogen) atoms. The van der Waals surface area contributed by atoms with Crippen molar-refractivity contribution in [3.63, 3.8) is 0 Å². The fourth-order valence-corrected chi connectivity index (χ4v) is 2.28. The normalized spacial score (nSPS) is 10.6. The molecule has 0 aliphatic carbocycles. The van der Waals surface area contributed by atoms with Crippen molar-refractivity contribution in [3.8, 4) is 11.6 Å². The van der Waals surface area contributed by atoms with Gasteiger partial charge in [-0.2, -0.15) is 4.98 Å². The molecule has 0 N–H and O–H groups in total. The molecule has 0 radical (unpaired) electrons. The van der Waals surface area contributed by atoms with Crippen LogP contribution >= 0.6 is 23.4 Å². The van der Waals surface area contributed by atoms with Crippen molar-refractivity contribution in [1.82, 2.24) is 9.97 Å². The standard InChI is InChI=1S/C14H15ClN2O2S/c1-3-18-9-13-16-12(15)8-14(17-13)19-10-6-4-5-7-11(10)20-2/h4-8H,3,9H2,1-2H3. The van der Waals surface area contributed by atoms with E-state index in [0.29, 0.717) is 30.1 Å². The third-order valence-corrected chi connectivity index (χ3v) is 3.41. The number of ether oxygens (including phenoxy) is 2. The highest BCUT2D eigenvalue weighted by molar-refractivity contribution is 7.98. The first-order chi connectivity index (χ1) is 9.72. The Morgan fingerprint density at radius 1 is 1.25 bits per heavy atom. The molecule has 1 aromatic heterocycles. The van der Waals surface area contributed by atoms with Gasteiger partial charge in [0.05, 0.1) is 0 Å². The van der Waals surface area contributed by atoms with Gasteiger partial charge in [0.1, 0.15) is 17.5 Å². The first kappa shape index (κ1) is 15.1. The minimum absolute atomic E-state index is 0.317. The molecule has 0 aliphatic rings. The largest absolute Gasteiger partial charge is 0.438 e. The van der Waals surface area contributed by atoms with Crippen molar-refractivity contribution in [3.05, 3.63) is 41.3 Å². The van der Waals surface area contributed by atoms with E-state index in [1.807, 2.05) is 37.4 Å². The SMILES string of the molecule is CCOCc1nc(Cl)cc(Oc2ccccc2SC)n1. The fourth-order valence-electron chi connectivity index (χ4n) is 1.57. The molecular formula is C14H15ClN2O2S. The van der Waals surface area contributed by atoms with E-state index in [1.54, 1.807) is 17.8 Å². The Balaban J connectivity index is 2.22. The average Bonchev–Trinajstić information content (AvgIpc) is 2.45. The van der Waals surface area contributed by atoms with E-state index in [0.717, 1.165) is 10.6 Å². The van der Waals surface area contributed by atoms with Gasteiger partial charge in [0.25, 0.3) is 0 Å². The second kappa shape index (κ2) is 7.47. The molecule has 0 unspecified atom stereocenters. The Morgan fingerprint density at radius 3 is 2.80 bits per heavy atom. The van der Waals surface area contributed by atoms with Gasteiger partial charge in [-0.1, -0.05) is 23.7 Å². The number of hydrogen-bond acceptors (Lipinski definition) is 5. The summed E-state index contributed by atoms with van der Waals surface area (Å²) in [5, 5.41) is 0.339. The van der Waals surface area contributed by atoms with Crippen LogP contribution in [0.25, 0.3) is 0 Å². The van der Waals surface area contributed by atoms with E-state index in [2.05, 4.69) is 9.97 Å². The van der Waals surface area contributed by atoms with Crippen LogP contribution in [0, 0.1) is 0 Å². The second-order valence-corrected chi connectivity index (χ2v) is 5.07. The van der Waals surface area contributed by atoms with Gasteiger partial charge < -0.3 is 9.47 Å². The lowest BCUT2D eigenvalue weighted by Gasteiger charge is -2.09. The lowest BCUT2D eigenvalue weighted by molar-refractivity contribution is 0.127. The minimum Gasteiger partial charge on any atom is -0.438 e. The number of rotatable bonds is 6. The Bertz CT molecular complexity index is 581. The molecule has 0 saturated carbocycles. The molecule has 0 fully saturated rings. The summed E-state index contributed by atoms with van der Waals surface area (Å²) in [6, 6.07) is 9.35. The van der Waals surface area contributed by atoms with Gasteiger partial charge in [-0.3, -0.25) is 0 Å². The summed E-state index contributed by atoms with van der Waals surface area (Å²) < 4.78 is 11.1. The predicted octanol–water partition coefficient (Wildman–Crippen LogP) is 4.18. The molecule has 1 aromatic carbocycles. The zero-order chi connectivity index (χ0) is 14.4. The highest BCUT2D eigenvalue weighted by Crippen LogP contribution is 2.31. The zero-order valence-electron chi connectivity index (χ0n) is 11.3. The number of thioether (sulfide) groups is 1. The second-order valence-electron chi connectivity index (χ2n) is 3.84. The first-order valence-electron chi connectivity index (χ1n) is 6.15. The van der Waals surface area contributed by atoms with Crippen molar-refractivity contribution >= 4 is 23.4 Å². The van der Waals surface area contributed by atoms with Crippen LogP contribution in [0.4, 0.5) is 0 Å². The van der Waals surface area contributed by atoms with Crippen molar-refractivity contribution in [2.45, 2.75) is 18.4 Å². The van der Waals surface area contributed by atoms with Gasteiger partial charge >= 0.3 is 0 Å². The van der Waals surface area contributed by atoms with Crippen LogP contribution in [0.1, 0.15) is 12.7 Å². The summed E-state index contributed by atoms with van der Waals surface area (Å²) in [6.07, 6.45) is 2.00. The van der Waals surface area contributed by atoms with Gasteiger partial charge in [-0.05, 0) is 25.3 Å². The topological polar surface area (TPSA) is 44.2 Å². The third-order valence-electron chi connectivity index (χ3n) is 2.44. The van der Waals surface area contributed by atoms with Crippen LogP contribution in [0.2, 0.25) is 5.15 Å². The lowest BCUT2D eigenvalue weighted by atomic mass is 10.3. The number of benzene rings is 1. The Hall–Kier alpha value is -1.30. The third kappa shape index (κ3) is 4.10. The van der Waals surface area contributed by atoms with E-state index in [4.69, 9.17) is 21.1 Å². The molecule has 0 saturated heterocycles. The van der Waals surface area contributed by atoms with Gasteiger partial charge in [-0.25, -0.2) is 4.98 Å². The van der Waals surface area contributed by atoms with E-state index >= 15 is 0 Å². The maximum atomic E-state index is 5.98. The number of para-hydroxylation sites is 1. The van der Waals surface area contributed by atoms with E-state index in [1.165, 1.54) is 0 Å². The Kier molecular flexibility index (Phi) is 5.64. The van der Waals surface area contributed by atoms with E-state index in [9.17, 15) is 0 Å². The zero-order valence-corrected chi connectivity index (χ0v) is 12.9. The Morgan fingerprint density at radius 2 is 2.05 bits per heavy atom. The maximum absolute atomic E-state index is 5.98. The van der Waals surface area contributed by atoms with Crippen LogP contribution in [-0.4, -0.2) is 22.8 Å². The van der Waals surface area contributed by atoms with Crippen molar-refractivity contribution in [1.29, 1.82) is 0 Å². The van der Waals surface area contributed by atoms with Crippen LogP contribution in [-0.2, 0) is 11.3 Å².